The van der Waals surface area contributed by atoms with Gasteiger partial charge < -0.3 is 5.32 Å². The van der Waals surface area contributed by atoms with E-state index < -0.39 is 17.5 Å². The largest absolute Gasteiger partial charge is 0.377 e. The molecule has 0 spiro atoms. The maximum Gasteiger partial charge on any atom is 0.182 e. The van der Waals surface area contributed by atoms with Crippen LogP contribution in [-0.4, -0.2) is 9.78 Å². The first-order valence-corrected chi connectivity index (χ1v) is 5.51. The number of hydrogen-bond acceptors (Lipinski definition) is 2. The van der Waals surface area contributed by atoms with Crippen LogP contribution in [0.1, 0.15) is 12.6 Å². The number of rotatable bonds is 4. The second kappa shape index (κ2) is 5.12. The number of benzene rings is 1. The van der Waals surface area contributed by atoms with Gasteiger partial charge >= 0.3 is 0 Å². The summed E-state index contributed by atoms with van der Waals surface area (Å²) in [5.74, 6) is -3.11. The number of hydrogen-bond donors (Lipinski definition) is 1. The standard InChI is InChI=1S/C12H12F3N3/c1-2-18-9(3-4-17-18)7-16-11-6-8(13)5-10(14)12(11)15/h3-6,16H,2,7H2,1H3. The molecule has 18 heavy (non-hydrogen) atoms. The molecule has 0 unspecified atom stereocenters. The van der Waals surface area contributed by atoms with Crippen molar-refractivity contribution in [2.75, 3.05) is 5.32 Å². The van der Waals surface area contributed by atoms with Crippen LogP contribution in [0, 0.1) is 17.5 Å². The van der Waals surface area contributed by atoms with Gasteiger partial charge in [-0.25, -0.2) is 13.2 Å². The molecule has 1 heterocycles. The van der Waals surface area contributed by atoms with E-state index in [1.807, 2.05) is 6.92 Å². The van der Waals surface area contributed by atoms with Crippen LogP contribution in [0.15, 0.2) is 24.4 Å². The summed E-state index contributed by atoms with van der Waals surface area (Å²) in [6.45, 7) is 2.83. The van der Waals surface area contributed by atoms with Gasteiger partial charge in [-0.05, 0) is 13.0 Å². The molecular formula is C12H12F3N3. The average Bonchev–Trinajstić information content (AvgIpc) is 2.79. The molecule has 0 aliphatic rings. The van der Waals surface area contributed by atoms with Crippen molar-refractivity contribution >= 4 is 5.69 Å². The predicted molar refractivity (Wildman–Crippen MR) is 61.5 cm³/mol. The van der Waals surface area contributed by atoms with Gasteiger partial charge in [0.2, 0.25) is 0 Å². The van der Waals surface area contributed by atoms with E-state index >= 15 is 0 Å². The lowest BCUT2D eigenvalue weighted by Gasteiger charge is -2.09. The minimum absolute atomic E-state index is 0.198. The summed E-state index contributed by atoms with van der Waals surface area (Å²) >= 11 is 0. The Morgan fingerprint density at radius 3 is 2.78 bits per heavy atom. The topological polar surface area (TPSA) is 29.9 Å². The highest BCUT2D eigenvalue weighted by Crippen LogP contribution is 2.19. The quantitative estimate of drug-likeness (QED) is 0.851. The van der Waals surface area contributed by atoms with Gasteiger partial charge in [-0.15, -0.1) is 0 Å². The Hall–Kier alpha value is -1.98. The van der Waals surface area contributed by atoms with Crippen LogP contribution in [0.3, 0.4) is 0 Å². The van der Waals surface area contributed by atoms with Crippen LogP contribution in [0.5, 0.6) is 0 Å². The lowest BCUT2D eigenvalue weighted by Crippen LogP contribution is -2.09. The van der Waals surface area contributed by atoms with Crippen molar-refractivity contribution in [2.45, 2.75) is 20.0 Å². The average molecular weight is 255 g/mol. The fraction of sp³-hybridized carbons (Fsp3) is 0.250. The molecule has 96 valence electrons. The molecule has 0 radical (unpaired) electrons. The van der Waals surface area contributed by atoms with Crippen molar-refractivity contribution in [3.05, 3.63) is 47.5 Å². The molecular weight excluding hydrogens is 243 g/mol. The molecule has 6 heteroatoms. The second-order valence-electron chi connectivity index (χ2n) is 3.74. The number of halogens is 3. The first kappa shape index (κ1) is 12.5. The van der Waals surface area contributed by atoms with Gasteiger partial charge in [0.25, 0.3) is 0 Å². The van der Waals surface area contributed by atoms with Gasteiger partial charge in [0.15, 0.2) is 11.6 Å². The van der Waals surface area contributed by atoms with Crippen LogP contribution in [0.4, 0.5) is 18.9 Å². The third-order valence-corrected chi connectivity index (χ3v) is 2.56. The van der Waals surface area contributed by atoms with E-state index in [-0.39, 0.29) is 12.2 Å². The number of aryl methyl sites for hydroxylation is 1. The third kappa shape index (κ3) is 2.47. The summed E-state index contributed by atoms with van der Waals surface area (Å²) in [6.07, 6.45) is 1.61. The summed E-state index contributed by atoms with van der Waals surface area (Å²) < 4.78 is 41.0. The molecule has 0 saturated carbocycles. The molecule has 0 amide bonds. The van der Waals surface area contributed by atoms with Crippen molar-refractivity contribution in [2.24, 2.45) is 0 Å². The number of nitrogens with one attached hydrogen (secondary N) is 1. The highest BCUT2D eigenvalue weighted by atomic mass is 19.2. The van der Waals surface area contributed by atoms with E-state index in [0.717, 1.165) is 11.8 Å². The molecule has 0 bridgehead atoms. The van der Waals surface area contributed by atoms with Crippen molar-refractivity contribution in [3.8, 4) is 0 Å². The Balaban J connectivity index is 2.16. The lowest BCUT2D eigenvalue weighted by atomic mass is 10.2. The van der Waals surface area contributed by atoms with Gasteiger partial charge in [-0.3, -0.25) is 4.68 Å². The monoisotopic (exact) mass is 255 g/mol. The van der Waals surface area contributed by atoms with Crippen molar-refractivity contribution in [1.82, 2.24) is 9.78 Å². The van der Waals surface area contributed by atoms with Crippen LogP contribution in [0.2, 0.25) is 0 Å². The first-order chi connectivity index (χ1) is 8.61. The number of nitrogens with zero attached hydrogens (tertiary/aromatic N) is 2. The van der Waals surface area contributed by atoms with E-state index in [0.29, 0.717) is 12.6 Å². The number of anilines is 1. The van der Waals surface area contributed by atoms with Crippen molar-refractivity contribution in [3.63, 3.8) is 0 Å². The normalized spacial score (nSPS) is 10.7. The summed E-state index contributed by atoms with van der Waals surface area (Å²) in [4.78, 5) is 0. The summed E-state index contributed by atoms with van der Waals surface area (Å²) in [7, 11) is 0. The maximum absolute atomic E-state index is 13.4. The summed E-state index contributed by atoms with van der Waals surface area (Å²) in [6, 6.07) is 3.19. The van der Waals surface area contributed by atoms with E-state index in [1.54, 1.807) is 16.9 Å². The fourth-order valence-electron chi connectivity index (χ4n) is 1.67. The molecule has 0 aliphatic carbocycles. The zero-order chi connectivity index (χ0) is 13.1. The Morgan fingerprint density at radius 1 is 1.28 bits per heavy atom. The zero-order valence-corrected chi connectivity index (χ0v) is 9.75. The Kier molecular flexibility index (Phi) is 3.55. The molecule has 2 rings (SSSR count). The Labute approximate surface area is 102 Å². The molecule has 0 fully saturated rings. The molecule has 2 aromatic rings. The van der Waals surface area contributed by atoms with Crippen molar-refractivity contribution in [1.29, 1.82) is 0 Å². The Bertz CT molecular complexity index is 551. The van der Waals surface area contributed by atoms with Crippen LogP contribution in [0.25, 0.3) is 0 Å². The molecule has 0 atom stereocenters. The maximum atomic E-state index is 13.4. The van der Waals surface area contributed by atoms with Gasteiger partial charge in [-0.1, -0.05) is 0 Å². The predicted octanol–water partition coefficient (Wildman–Crippen LogP) is 2.93. The first-order valence-electron chi connectivity index (χ1n) is 5.51. The van der Waals surface area contributed by atoms with Crippen LogP contribution < -0.4 is 5.32 Å². The van der Waals surface area contributed by atoms with Crippen LogP contribution >= 0.6 is 0 Å². The highest BCUT2D eigenvalue weighted by molar-refractivity contribution is 5.45. The SMILES string of the molecule is CCn1nccc1CNc1cc(F)cc(F)c1F. The van der Waals surface area contributed by atoms with E-state index in [2.05, 4.69) is 10.4 Å². The summed E-state index contributed by atoms with van der Waals surface area (Å²) in [5, 5.41) is 6.70. The minimum atomic E-state index is -1.21. The zero-order valence-electron chi connectivity index (χ0n) is 9.75. The smallest absolute Gasteiger partial charge is 0.182 e. The van der Waals surface area contributed by atoms with E-state index in [9.17, 15) is 13.2 Å². The van der Waals surface area contributed by atoms with Gasteiger partial charge in [0.1, 0.15) is 5.82 Å². The number of aromatic nitrogens is 2. The molecule has 0 aliphatic heterocycles. The lowest BCUT2D eigenvalue weighted by molar-refractivity contribution is 0.497. The minimum Gasteiger partial charge on any atom is -0.377 e. The van der Waals surface area contributed by atoms with Gasteiger partial charge in [-0.2, -0.15) is 5.10 Å². The molecule has 1 aromatic heterocycles. The Morgan fingerprint density at radius 2 is 2.06 bits per heavy atom. The fourth-order valence-corrected chi connectivity index (χ4v) is 1.67. The molecule has 3 nitrogen and oxygen atoms in total. The highest BCUT2D eigenvalue weighted by Gasteiger charge is 2.11. The second-order valence-corrected chi connectivity index (χ2v) is 3.74. The van der Waals surface area contributed by atoms with Gasteiger partial charge in [0, 0.05) is 24.9 Å². The van der Waals surface area contributed by atoms with E-state index in [4.69, 9.17) is 0 Å². The van der Waals surface area contributed by atoms with E-state index in [1.165, 1.54) is 0 Å². The van der Waals surface area contributed by atoms with Crippen molar-refractivity contribution < 1.29 is 13.2 Å². The summed E-state index contributed by atoms with van der Waals surface area (Å²) in [5.41, 5.74) is 0.609. The molecule has 1 aromatic carbocycles. The third-order valence-electron chi connectivity index (χ3n) is 2.56. The molecule has 1 N–H and O–H groups in total. The van der Waals surface area contributed by atoms with Crippen LogP contribution in [-0.2, 0) is 13.1 Å². The van der Waals surface area contributed by atoms with Gasteiger partial charge in [0.05, 0.1) is 17.9 Å². The molecule has 0 saturated heterocycles.